The van der Waals surface area contributed by atoms with Crippen LogP contribution < -0.4 is 0 Å². The van der Waals surface area contributed by atoms with Gasteiger partial charge in [0.15, 0.2) is 0 Å². The van der Waals surface area contributed by atoms with Gasteiger partial charge >= 0.3 is 5.97 Å². The number of aliphatic carboxylic acids is 1. The third kappa shape index (κ3) is 3.02. The van der Waals surface area contributed by atoms with Crippen molar-refractivity contribution in [3.8, 4) is 11.3 Å². The minimum atomic E-state index is -0.728. The molecule has 7 nitrogen and oxygen atoms in total. The molecule has 0 spiro atoms. The summed E-state index contributed by atoms with van der Waals surface area (Å²) in [6.45, 7) is 1.82. The van der Waals surface area contributed by atoms with E-state index in [0.29, 0.717) is 31.5 Å². The summed E-state index contributed by atoms with van der Waals surface area (Å²) < 4.78 is 0. The average molecular weight is 368 g/mol. The Labute approximate surface area is 158 Å². The largest absolute Gasteiger partial charge is 0.481 e. The zero-order valence-corrected chi connectivity index (χ0v) is 15.4. The molecule has 0 unspecified atom stereocenters. The van der Waals surface area contributed by atoms with E-state index in [1.807, 2.05) is 37.4 Å². The Morgan fingerprint density at radius 1 is 1.19 bits per heavy atom. The molecular weight excluding hydrogens is 344 g/mol. The standard InChI is InChI=1S/C20H24N4O3/c1-23-11-2-8-20(19(26)27)9-12-24(13-17(20)23)18(25)15-5-3-14(4-6-15)16-7-10-21-22-16/h3-7,10,17H,2,8-9,11-13H2,1H3,(H,21,22)(H,26,27)/t17-,20+/m1/s1. The minimum Gasteiger partial charge on any atom is -0.481 e. The van der Waals surface area contributed by atoms with Gasteiger partial charge in [-0.25, -0.2) is 0 Å². The van der Waals surface area contributed by atoms with Crippen LogP contribution >= 0.6 is 0 Å². The second-order valence-corrected chi connectivity index (χ2v) is 7.61. The van der Waals surface area contributed by atoms with Gasteiger partial charge in [0.05, 0.1) is 11.1 Å². The molecule has 3 heterocycles. The number of rotatable bonds is 3. The molecule has 1 aromatic heterocycles. The number of nitrogens with one attached hydrogen (secondary N) is 1. The smallest absolute Gasteiger partial charge is 0.311 e. The molecule has 1 aromatic carbocycles. The van der Waals surface area contributed by atoms with Crippen LogP contribution in [0.5, 0.6) is 0 Å². The van der Waals surface area contributed by atoms with Crippen LogP contribution in [0.2, 0.25) is 0 Å². The molecule has 27 heavy (non-hydrogen) atoms. The van der Waals surface area contributed by atoms with Crippen molar-refractivity contribution in [2.24, 2.45) is 5.41 Å². The monoisotopic (exact) mass is 368 g/mol. The van der Waals surface area contributed by atoms with Gasteiger partial charge in [0.2, 0.25) is 0 Å². The Morgan fingerprint density at radius 3 is 2.63 bits per heavy atom. The number of likely N-dealkylation sites (N-methyl/N-ethyl adjacent to an activating group) is 1. The van der Waals surface area contributed by atoms with Crippen molar-refractivity contribution in [3.63, 3.8) is 0 Å². The average Bonchev–Trinajstić information content (AvgIpc) is 3.22. The lowest BCUT2D eigenvalue weighted by molar-refractivity contribution is -0.161. The van der Waals surface area contributed by atoms with Crippen molar-refractivity contribution in [3.05, 3.63) is 42.1 Å². The van der Waals surface area contributed by atoms with E-state index in [-0.39, 0.29) is 11.9 Å². The first kappa shape index (κ1) is 17.7. The summed E-state index contributed by atoms with van der Waals surface area (Å²) in [4.78, 5) is 28.9. The zero-order valence-electron chi connectivity index (χ0n) is 15.4. The van der Waals surface area contributed by atoms with E-state index >= 15 is 0 Å². The summed E-state index contributed by atoms with van der Waals surface area (Å²) in [6, 6.07) is 9.19. The number of carboxylic acids is 1. The first-order valence-electron chi connectivity index (χ1n) is 9.34. The number of likely N-dealkylation sites (tertiary alicyclic amines) is 2. The molecule has 2 aliphatic heterocycles. The first-order valence-corrected chi connectivity index (χ1v) is 9.34. The van der Waals surface area contributed by atoms with Crippen molar-refractivity contribution < 1.29 is 14.7 Å². The summed E-state index contributed by atoms with van der Waals surface area (Å²) in [7, 11) is 1.97. The predicted molar refractivity (Wildman–Crippen MR) is 100 cm³/mol. The van der Waals surface area contributed by atoms with Gasteiger partial charge in [-0.3, -0.25) is 14.7 Å². The van der Waals surface area contributed by atoms with Crippen LogP contribution in [0.25, 0.3) is 11.3 Å². The highest BCUT2D eigenvalue weighted by molar-refractivity contribution is 5.95. The number of hydrogen-bond donors (Lipinski definition) is 2. The van der Waals surface area contributed by atoms with Crippen molar-refractivity contribution >= 4 is 11.9 Å². The summed E-state index contributed by atoms with van der Waals surface area (Å²) in [5, 5.41) is 16.7. The normalized spacial score (nSPS) is 25.8. The SMILES string of the molecule is CN1CCC[C@]2(C(=O)O)CCN(C(=O)c3ccc(-c4ccn[nH]4)cc3)C[C@@H]12. The van der Waals surface area contributed by atoms with Gasteiger partial charge < -0.3 is 14.9 Å². The van der Waals surface area contributed by atoms with Crippen LogP contribution in [0.15, 0.2) is 36.5 Å². The summed E-state index contributed by atoms with van der Waals surface area (Å²) in [6.07, 6.45) is 3.79. The maximum Gasteiger partial charge on any atom is 0.311 e. The Bertz CT molecular complexity index is 833. The Hall–Kier alpha value is -2.67. The maximum atomic E-state index is 13.0. The minimum absolute atomic E-state index is 0.0378. The lowest BCUT2D eigenvalue weighted by Gasteiger charge is -2.51. The van der Waals surface area contributed by atoms with Gasteiger partial charge in [0.1, 0.15) is 0 Å². The Kier molecular flexibility index (Phi) is 4.47. The third-order valence-electron chi connectivity index (χ3n) is 6.18. The molecule has 0 bridgehead atoms. The zero-order chi connectivity index (χ0) is 19.0. The number of carboxylic acid groups (broad SMARTS) is 1. The number of hydrogen-bond acceptors (Lipinski definition) is 4. The van der Waals surface area contributed by atoms with Gasteiger partial charge in [-0.2, -0.15) is 5.10 Å². The second kappa shape index (κ2) is 6.81. The van der Waals surface area contributed by atoms with E-state index < -0.39 is 11.4 Å². The highest BCUT2D eigenvalue weighted by Gasteiger charge is 2.52. The van der Waals surface area contributed by atoms with Crippen LogP contribution in [0.3, 0.4) is 0 Å². The number of fused-ring (bicyclic) bond motifs is 1. The molecule has 2 saturated heterocycles. The van der Waals surface area contributed by atoms with Crippen LogP contribution in [0.1, 0.15) is 29.6 Å². The van der Waals surface area contributed by atoms with E-state index in [0.717, 1.165) is 24.2 Å². The number of nitrogens with zero attached hydrogens (tertiary/aromatic N) is 3. The summed E-state index contributed by atoms with van der Waals surface area (Å²) >= 11 is 0. The van der Waals surface area contributed by atoms with Crippen molar-refractivity contribution in [1.29, 1.82) is 0 Å². The van der Waals surface area contributed by atoms with Crippen LogP contribution in [0, 0.1) is 5.41 Å². The molecule has 0 saturated carbocycles. The molecule has 2 N–H and O–H groups in total. The topological polar surface area (TPSA) is 89.5 Å². The molecule has 2 aliphatic rings. The molecular formula is C20H24N4O3. The number of aromatic nitrogens is 2. The van der Waals surface area contributed by atoms with Gasteiger partial charge in [-0.15, -0.1) is 0 Å². The van der Waals surface area contributed by atoms with Gasteiger partial charge in [-0.1, -0.05) is 12.1 Å². The van der Waals surface area contributed by atoms with Crippen molar-refractivity contribution in [1.82, 2.24) is 20.0 Å². The molecule has 7 heteroatoms. The molecule has 142 valence electrons. The van der Waals surface area contributed by atoms with Crippen molar-refractivity contribution in [2.75, 3.05) is 26.7 Å². The van der Waals surface area contributed by atoms with E-state index in [1.165, 1.54) is 0 Å². The highest BCUT2D eigenvalue weighted by atomic mass is 16.4. The number of carbonyl (C=O) groups is 2. The third-order valence-corrected chi connectivity index (χ3v) is 6.18. The number of benzene rings is 1. The number of piperidine rings is 2. The lowest BCUT2D eigenvalue weighted by atomic mass is 9.68. The first-order chi connectivity index (χ1) is 13.0. The van der Waals surface area contributed by atoms with Crippen molar-refractivity contribution in [2.45, 2.75) is 25.3 Å². The molecule has 1 amide bonds. The second-order valence-electron chi connectivity index (χ2n) is 7.61. The fourth-order valence-electron chi connectivity index (χ4n) is 4.56. The molecule has 2 aromatic rings. The summed E-state index contributed by atoms with van der Waals surface area (Å²) in [5.41, 5.74) is 1.77. The van der Waals surface area contributed by atoms with E-state index in [9.17, 15) is 14.7 Å². The Morgan fingerprint density at radius 2 is 1.96 bits per heavy atom. The highest BCUT2D eigenvalue weighted by Crippen LogP contribution is 2.42. The fourth-order valence-corrected chi connectivity index (χ4v) is 4.56. The van der Waals surface area contributed by atoms with E-state index in [1.54, 1.807) is 11.1 Å². The van der Waals surface area contributed by atoms with Crippen LogP contribution in [-0.2, 0) is 4.79 Å². The molecule has 0 aliphatic carbocycles. The number of carbonyl (C=O) groups excluding carboxylic acids is 1. The number of aromatic amines is 1. The predicted octanol–water partition coefficient (Wildman–Crippen LogP) is 2.09. The van der Waals surface area contributed by atoms with E-state index in [2.05, 4.69) is 15.1 Å². The lowest BCUT2D eigenvalue weighted by Crippen LogP contribution is -2.63. The summed E-state index contributed by atoms with van der Waals surface area (Å²) in [5.74, 6) is -0.765. The fraction of sp³-hybridized carbons (Fsp3) is 0.450. The van der Waals surface area contributed by atoms with Gasteiger partial charge in [0.25, 0.3) is 5.91 Å². The molecule has 0 radical (unpaired) electrons. The number of H-pyrrole nitrogens is 1. The van der Waals surface area contributed by atoms with Crippen LogP contribution in [0.4, 0.5) is 0 Å². The number of amides is 1. The Balaban J connectivity index is 1.52. The quantitative estimate of drug-likeness (QED) is 0.866. The maximum absolute atomic E-state index is 13.0. The van der Waals surface area contributed by atoms with Gasteiger partial charge in [0, 0.05) is 30.9 Å². The molecule has 2 fully saturated rings. The van der Waals surface area contributed by atoms with Gasteiger partial charge in [-0.05, 0) is 56.6 Å². The molecule has 2 atom stereocenters. The van der Waals surface area contributed by atoms with E-state index in [4.69, 9.17) is 0 Å². The molecule has 4 rings (SSSR count). The van der Waals surface area contributed by atoms with Crippen LogP contribution in [-0.4, -0.2) is 69.7 Å².